The molecule has 7 nitrogen and oxygen atoms in total. The topological polar surface area (TPSA) is 79.0 Å². The number of morpholine rings is 1. The van der Waals surface area contributed by atoms with Gasteiger partial charge >= 0.3 is 0 Å². The Bertz CT molecular complexity index is 1040. The molecule has 1 heterocycles. The van der Waals surface area contributed by atoms with Gasteiger partial charge in [0.15, 0.2) is 0 Å². The molecule has 3 rings (SSSR count). The summed E-state index contributed by atoms with van der Waals surface area (Å²) in [7, 11) is -3.79. The molecule has 0 aromatic heterocycles. The number of amides is 1. The van der Waals surface area contributed by atoms with Crippen LogP contribution in [0.15, 0.2) is 42.5 Å². The third-order valence-corrected chi connectivity index (χ3v) is 7.02. The maximum absolute atomic E-state index is 12.8. The molecule has 32 heavy (non-hydrogen) atoms. The van der Waals surface area contributed by atoms with Crippen molar-refractivity contribution in [2.24, 2.45) is 0 Å². The zero-order valence-corrected chi connectivity index (χ0v) is 20.4. The van der Waals surface area contributed by atoms with Gasteiger partial charge in [0.25, 0.3) is 0 Å². The van der Waals surface area contributed by atoms with Crippen molar-refractivity contribution in [2.75, 3.05) is 36.9 Å². The molecule has 0 spiro atoms. The van der Waals surface area contributed by atoms with Crippen LogP contribution in [0.4, 0.5) is 5.69 Å². The molecule has 1 aliphatic rings. The molecule has 2 aromatic rings. The predicted molar refractivity (Wildman–Crippen MR) is 128 cm³/mol. The maximum Gasteiger partial charge on any atom is 0.243 e. The van der Waals surface area contributed by atoms with E-state index in [1.165, 1.54) is 24.6 Å². The molecule has 0 saturated carbocycles. The second-order valence-electron chi connectivity index (χ2n) is 7.75. The fourth-order valence-corrected chi connectivity index (χ4v) is 5.16. The number of anilines is 1. The van der Waals surface area contributed by atoms with Crippen LogP contribution in [0.1, 0.15) is 18.1 Å². The summed E-state index contributed by atoms with van der Waals surface area (Å²) in [5.74, 6) is -0.441. The highest BCUT2D eigenvalue weighted by Crippen LogP contribution is 2.32. The van der Waals surface area contributed by atoms with E-state index in [-0.39, 0.29) is 17.3 Å². The molecule has 0 bridgehead atoms. The smallest absolute Gasteiger partial charge is 0.243 e. The van der Waals surface area contributed by atoms with Crippen molar-refractivity contribution >= 4 is 44.8 Å². The van der Waals surface area contributed by atoms with Crippen molar-refractivity contribution in [3.8, 4) is 0 Å². The standard InChI is InChI=1S/C22H27Cl2N3O4S/c1-16(27(32(2,29)30)21-13-19(23)7-8-20(21)24)22(28)25-14-17-3-5-18(6-4-17)15-26-9-11-31-12-10-26/h3-8,13,16H,9-12,14-15H2,1-2H3,(H,25,28). The Morgan fingerprint density at radius 3 is 2.38 bits per heavy atom. The number of carbonyl (C=O) groups is 1. The first-order chi connectivity index (χ1) is 15.1. The van der Waals surface area contributed by atoms with Gasteiger partial charge in [0.05, 0.1) is 30.2 Å². The quantitative estimate of drug-likeness (QED) is 0.602. The maximum atomic E-state index is 12.8. The molecule has 2 aromatic carbocycles. The van der Waals surface area contributed by atoms with Crippen LogP contribution in [0.2, 0.25) is 10.0 Å². The van der Waals surface area contributed by atoms with Gasteiger partial charge in [0, 0.05) is 31.2 Å². The number of benzene rings is 2. The molecular formula is C22H27Cl2N3O4S. The van der Waals surface area contributed by atoms with E-state index in [0.29, 0.717) is 5.02 Å². The summed E-state index contributed by atoms with van der Waals surface area (Å²) in [5.41, 5.74) is 2.27. The highest BCUT2D eigenvalue weighted by Gasteiger charge is 2.30. The van der Waals surface area contributed by atoms with Crippen molar-refractivity contribution in [3.63, 3.8) is 0 Å². The summed E-state index contributed by atoms with van der Waals surface area (Å²) < 4.78 is 31.3. The van der Waals surface area contributed by atoms with E-state index < -0.39 is 22.0 Å². The second-order valence-corrected chi connectivity index (χ2v) is 10.5. The number of ether oxygens (including phenoxy) is 1. The van der Waals surface area contributed by atoms with Crippen molar-refractivity contribution in [1.29, 1.82) is 0 Å². The van der Waals surface area contributed by atoms with Gasteiger partial charge in [-0.05, 0) is 36.2 Å². The number of halogens is 2. The largest absolute Gasteiger partial charge is 0.379 e. The highest BCUT2D eigenvalue weighted by atomic mass is 35.5. The fourth-order valence-electron chi connectivity index (χ4n) is 3.55. The predicted octanol–water partition coefficient (Wildman–Crippen LogP) is 3.30. The van der Waals surface area contributed by atoms with Gasteiger partial charge in [0.1, 0.15) is 6.04 Å². The SMILES string of the molecule is CC(C(=O)NCc1ccc(CN2CCOCC2)cc1)N(c1cc(Cl)ccc1Cl)S(C)(=O)=O. The van der Waals surface area contributed by atoms with Gasteiger partial charge in [-0.3, -0.25) is 14.0 Å². The normalized spacial score (nSPS) is 15.9. The number of rotatable bonds is 8. The number of nitrogens with one attached hydrogen (secondary N) is 1. The fraction of sp³-hybridized carbons (Fsp3) is 0.409. The van der Waals surface area contributed by atoms with Crippen molar-refractivity contribution in [1.82, 2.24) is 10.2 Å². The minimum absolute atomic E-state index is 0.164. The highest BCUT2D eigenvalue weighted by molar-refractivity contribution is 7.92. The Labute approximate surface area is 199 Å². The monoisotopic (exact) mass is 499 g/mol. The summed E-state index contributed by atoms with van der Waals surface area (Å²) in [6.45, 7) is 6.00. The van der Waals surface area contributed by atoms with Crippen molar-refractivity contribution in [3.05, 3.63) is 63.6 Å². The van der Waals surface area contributed by atoms with E-state index in [4.69, 9.17) is 27.9 Å². The number of carbonyl (C=O) groups excluding carboxylic acids is 1. The third kappa shape index (κ3) is 6.59. The van der Waals surface area contributed by atoms with Crippen LogP contribution < -0.4 is 9.62 Å². The molecule has 174 valence electrons. The molecule has 1 atom stereocenters. The third-order valence-electron chi connectivity index (χ3n) is 5.23. The minimum atomic E-state index is -3.79. The Morgan fingerprint density at radius 1 is 1.12 bits per heavy atom. The summed E-state index contributed by atoms with van der Waals surface area (Å²) in [4.78, 5) is 15.1. The number of sulfonamides is 1. The zero-order chi connectivity index (χ0) is 23.3. The van der Waals surface area contributed by atoms with Gasteiger partial charge < -0.3 is 10.1 Å². The van der Waals surface area contributed by atoms with Gasteiger partial charge in [0.2, 0.25) is 15.9 Å². The van der Waals surface area contributed by atoms with E-state index in [2.05, 4.69) is 10.2 Å². The van der Waals surface area contributed by atoms with Gasteiger partial charge in [-0.1, -0.05) is 47.5 Å². The van der Waals surface area contributed by atoms with E-state index in [1.807, 2.05) is 24.3 Å². The Kier molecular flexibility index (Phi) is 8.41. The molecule has 1 N–H and O–H groups in total. The van der Waals surface area contributed by atoms with E-state index in [1.54, 1.807) is 6.07 Å². The lowest BCUT2D eigenvalue weighted by atomic mass is 10.1. The van der Waals surface area contributed by atoms with E-state index in [9.17, 15) is 13.2 Å². The lowest BCUT2D eigenvalue weighted by molar-refractivity contribution is -0.122. The van der Waals surface area contributed by atoms with Crippen LogP contribution >= 0.6 is 23.2 Å². The molecule has 1 fully saturated rings. The van der Waals surface area contributed by atoms with E-state index >= 15 is 0 Å². The van der Waals surface area contributed by atoms with Crippen LogP contribution in [0, 0.1) is 0 Å². The lowest BCUT2D eigenvalue weighted by Crippen LogP contribution is -2.47. The van der Waals surface area contributed by atoms with Gasteiger partial charge in [-0.25, -0.2) is 8.42 Å². The molecule has 10 heteroatoms. The molecule has 0 aliphatic carbocycles. The summed E-state index contributed by atoms with van der Waals surface area (Å²) in [6, 6.07) is 11.5. The van der Waals surface area contributed by atoms with Crippen molar-refractivity contribution < 1.29 is 17.9 Å². The first kappa shape index (κ1) is 24.8. The number of hydrogen-bond donors (Lipinski definition) is 1. The lowest BCUT2D eigenvalue weighted by Gasteiger charge is -2.29. The van der Waals surface area contributed by atoms with Gasteiger partial charge in [-0.2, -0.15) is 0 Å². The molecule has 1 amide bonds. The summed E-state index contributed by atoms with van der Waals surface area (Å²) in [5, 5.41) is 3.32. The molecular weight excluding hydrogens is 473 g/mol. The second kappa shape index (κ2) is 10.9. The molecule has 1 saturated heterocycles. The van der Waals surface area contributed by atoms with Gasteiger partial charge in [-0.15, -0.1) is 0 Å². The van der Waals surface area contributed by atoms with Crippen molar-refractivity contribution in [2.45, 2.75) is 26.1 Å². The number of nitrogens with zero attached hydrogens (tertiary/aromatic N) is 2. The number of hydrogen-bond acceptors (Lipinski definition) is 5. The first-order valence-electron chi connectivity index (χ1n) is 10.3. The summed E-state index contributed by atoms with van der Waals surface area (Å²) >= 11 is 12.2. The van der Waals surface area contributed by atoms with Crippen LogP contribution in [0.5, 0.6) is 0 Å². The van der Waals surface area contributed by atoms with Crippen LogP contribution in [0.25, 0.3) is 0 Å². The average molecular weight is 500 g/mol. The first-order valence-corrected chi connectivity index (χ1v) is 12.9. The minimum Gasteiger partial charge on any atom is -0.379 e. The Morgan fingerprint density at radius 2 is 1.75 bits per heavy atom. The molecule has 1 aliphatic heterocycles. The molecule has 0 radical (unpaired) electrons. The van der Waals surface area contributed by atoms with Crippen LogP contribution in [0.3, 0.4) is 0 Å². The van der Waals surface area contributed by atoms with Crippen LogP contribution in [-0.4, -0.2) is 57.8 Å². The Balaban J connectivity index is 1.64. The molecule has 1 unspecified atom stereocenters. The summed E-state index contributed by atoms with van der Waals surface area (Å²) in [6.07, 6.45) is 1.03. The Hall–Kier alpha value is -1.84. The van der Waals surface area contributed by atoms with E-state index in [0.717, 1.165) is 49.0 Å². The zero-order valence-electron chi connectivity index (χ0n) is 18.1. The van der Waals surface area contributed by atoms with Crippen LogP contribution in [-0.2, 0) is 32.6 Å². The average Bonchev–Trinajstić information content (AvgIpc) is 2.75.